The van der Waals surface area contributed by atoms with Gasteiger partial charge in [-0.15, -0.1) is 0 Å². The molecule has 1 aliphatic carbocycles. The molecule has 2 aromatic carbocycles. The first-order valence-corrected chi connectivity index (χ1v) is 9.84. The Kier molecular flexibility index (Phi) is 6.69. The van der Waals surface area contributed by atoms with Gasteiger partial charge in [-0.05, 0) is 50.3 Å². The van der Waals surface area contributed by atoms with Gasteiger partial charge in [0.2, 0.25) is 11.8 Å². The van der Waals surface area contributed by atoms with Gasteiger partial charge in [0, 0.05) is 18.4 Å². The number of anilines is 1. The van der Waals surface area contributed by atoms with Crippen LogP contribution in [0.5, 0.6) is 5.75 Å². The summed E-state index contributed by atoms with van der Waals surface area (Å²) < 4.78 is 5.28. The van der Waals surface area contributed by atoms with Crippen LogP contribution in [0, 0.1) is 18.8 Å². The van der Waals surface area contributed by atoms with Gasteiger partial charge in [0.1, 0.15) is 5.75 Å². The second kappa shape index (κ2) is 9.40. The number of nitrogens with one attached hydrogen (secondary N) is 2. The number of methoxy groups -OCH3 is 1. The lowest BCUT2D eigenvalue weighted by atomic mass is 9.81. The van der Waals surface area contributed by atoms with Crippen LogP contribution in [0.1, 0.15) is 36.8 Å². The summed E-state index contributed by atoms with van der Waals surface area (Å²) in [6.45, 7) is 2.60. The average molecular weight is 380 g/mol. The number of amides is 2. The molecule has 0 unspecified atom stereocenters. The van der Waals surface area contributed by atoms with E-state index in [0.717, 1.165) is 31.2 Å². The van der Waals surface area contributed by atoms with Crippen LogP contribution in [-0.2, 0) is 16.1 Å². The molecule has 3 rings (SSSR count). The molecule has 148 valence electrons. The smallest absolute Gasteiger partial charge is 0.227 e. The third-order valence-corrected chi connectivity index (χ3v) is 5.42. The molecule has 5 nitrogen and oxygen atoms in total. The van der Waals surface area contributed by atoms with Crippen LogP contribution in [0.25, 0.3) is 0 Å². The molecule has 2 aromatic rings. The third-order valence-electron chi connectivity index (χ3n) is 5.42. The van der Waals surface area contributed by atoms with Crippen molar-refractivity contribution in [3.05, 3.63) is 59.7 Å². The number of rotatable bonds is 6. The average Bonchev–Trinajstić information content (AvgIpc) is 2.73. The molecule has 28 heavy (non-hydrogen) atoms. The molecule has 0 spiro atoms. The minimum Gasteiger partial charge on any atom is -0.495 e. The van der Waals surface area contributed by atoms with Crippen LogP contribution >= 0.6 is 0 Å². The Balaban J connectivity index is 1.46. The van der Waals surface area contributed by atoms with Crippen LogP contribution in [0.15, 0.2) is 48.5 Å². The van der Waals surface area contributed by atoms with E-state index in [-0.39, 0.29) is 23.7 Å². The molecule has 0 radical (unpaired) electrons. The fraction of sp³-hybridized carbons (Fsp3) is 0.391. The molecule has 0 heterocycles. The molecular formula is C23H28N2O3. The van der Waals surface area contributed by atoms with Gasteiger partial charge in [-0.1, -0.05) is 42.0 Å². The number of aryl methyl sites for hydroxylation is 1. The van der Waals surface area contributed by atoms with Crippen LogP contribution < -0.4 is 15.4 Å². The highest BCUT2D eigenvalue weighted by atomic mass is 16.5. The second-order valence-corrected chi connectivity index (χ2v) is 7.44. The van der Waals surface area contributed by atoms with Crippen molar-refractivity contribution in [3.8, 4) is 5.75 Å². The van der Waals surface area contributed by atoms with Crippen molar-refractivity contribution < 1.29 is 14.3 Å². The Bertz CT molecular complexity index is 809. The highest BCUT2D eigenvalue weighted by Crippen LogP contribution is 2.31. The molecular weight excluding hydrogens is 352 g/mol. The number of benzene rings is 2. The Morgan fingerprint density at radius 2 is 1.54 bits per heavy atom. The fourth-order valence-electron chi connectivity index (χ4n) is 3.64. The maximum absolute atomic E-state index is 12.6. The van der Waals surface area contributed by atoms with Crippen LogP contribution in [0.2, 0.25) is 0 Å². The predicted molar refractivity (Wildman–Crippen MR) is 110 cm³/mol. The third kappa shape index (κ3) is 5.12. The number of ether oxygens (including phenoxy) is 1. The largest absolute Gasteiger partial charge is 0.495 e. The van der Waals surface area contributed by atoms with Crippen molar-refractivity contribution in [1.29, 1.82) is 0 Å². The van der Waals surface area contributed by atoms with Crippen molar-refractivity contribution in [2.75, 3.05) is 12.4 Å². The van der Waals surface area contributed by atoms with E-state index in [1.54, 1.807) is 7.11 Å². The fourth-order valence-corrected chi connectivity index (χ4v) is 3.64. The minimum atomic E-state index is -0.0638. The molecule has 0 aliphatic heterocycles. The summed E-state index contributed by atoms with van der Waals surface area (Å²) in [4.78, 5) is 25.0. The first kappa shape index (κ1) is 19.9. The predicted octanol–water partition coefficient (Wildman–Crippen LogP) is 4.06. The van der Waals surface area contributed by atoms with Crippen molar-refractivity contribution >= 4 is 17.5 Å². The molecule has 0 saturated heterocycles. The van der Waals surface area contributed by atoms with E-state index in [4.69, 9.17) is 4.74 Å². The van der Waals surface area contributed by atoms with Crippen LogP contribution in [-0.4, -0.2) is 18.9 Å². The Morgan fingerprint density at radius 3 is 2.18 bits per heavy atom. The quantitative estimate of drug-likeness (QED) is 0.794. The summed E-state index contributed by atoms with van der Waals surface area (Å²) in [5.41, 5.74) is 3.00. The van der Waals surface area contributed by atoms with E-state index in [2.05, 4.69) is 10.6 Å². The zero-order chi connectivity index (χ0) is 19.9. The van der Waals surface area contributed by atoms with Crippen molar-refractivity contribution in [1.82, 2.24) is 5.32 Å². The summed E-state index contributed by atoms with van der Waals surface area (Å²) in [6.07, 6.45) is 2.93. The van der Waals surface area contributed by atoms with Crippen LogP contribution in [0.4, 0.5) is 5.69 Å². The number of hydrogen-bond acceptors (Lipinski definition) is 3. The zero-order valence-electron chi connectivity index (χ0n) is 16.5. The summed E-state index contributed by atoms with van der Waals surface area (Å²) in [5, 5.41) is 5.99. The molecule has 0 bridgehead atoms. The molecule has 5 heteroatoms. The standard InChI is InChI=1S/C23H28N2O3/c1-16-7-9-17(10-8-16)15-24-22(26)18-11-13-19(14-12-18)23(27)25-20-5-3-4-6-21(20)28-2/h3-10,18-19H,11-15H2,1-2H3,(H,24,26)(H,25,27). The van der Waals surface area contributed by atoms with Gasteiger partial charge in [-0.3, -0.25) is 9.59 Å². The highest BCUT2D eigenvalue weighted by Gasteiger charge is 2.30. The lowest BCUT2D eigenvalue weighted by Crippen LogP contribution is -2.35. The molecule has 1 aliphatic rings. The molecule has 0 aromatic heterocycles. The summed E-state index contributed by atoms with van der Waals surface area (Å²) in [7, 11) is 1.59. The molecule has 0 atom stereocenters. The highest BCUT2D eigenvalue weighted by molar-refractivity contribution is 5.94. The van der Waals surface area contributed by atoms with Gasteiger partial charge in [-0.2, -0.15) is 0 Å². The molecule has 2 amide bonds. The molecule has 1 fully saturated rings. The van der Waals surface area contributed by atoms with Crippen molar-refractivity contribution in [2.45, 2.75) is 39.2 Å². The summed E-state index contributed by atoms with van der Waals surface area (Å²) in [5.74, 6) is 0.666. The number of carbonyl (C=O) groups is 2. The van der Waals surface area contributed by atoms with Crippen molar-refractivity contribution in [2.24, 2.45) is 11.8 Å². The molecule has 1 saturated carbocycles. The lowest BCUT2D eigenvalue weighted by Gasteiger charge is -2.27. The molecule has 2 N–H and O–H groups in total. The Labute approximate surface area is 166 Å². The number of para-hydroxylation sites is 2. The normalized spacial score (nSPS) is 18.9. The van der Waals surface area contributed by atoms with Gasteiger partial charge in [0.15, 0.2) is 0 Å². The first-order chi connectivity index (χ1) is 13.6. The zero-order valence-corrected chi connectivity index (χ0v) is 16.5. The van der Waals surface area contributed by atoms with Gasteiger partial charge in [-0.25, -0.2) is 0 Å². The SMILES string of the molecule is COc1ccccc1NC(=O)C1CCC(C(=O)NCc2ccc(C)cc2)CC1. The monoisotopic (exact) mass is 380 g/mol. The van der Waals surface area contributed by atoms with E-state index in [0.29, 0.717) is 18.0 Å². The number of carbonyl (C=O) groups excluding carboxylic acids is 2. The van der Waals surface area contributed by atoms with Gasteiger partial charge < -0.3 is 15.4 Å². The first-order valence-electron chi connectivity index (χ1n) is 9.84. The topological polar surface area (TPSA) is 67.4 Å². The number of hydrogen-bond donors (Lipinski definition) is 2. The van der Waals surface area contributed by atoms with E-state index >= 15 is 0 Å². The van der Waals surface area contributed by atoms with Gasteiger partial charge in [0.25, 0.3) is 0 Å². The Morgan fingerprint density at radius 1 is 0.929 bits per heavy atom. The van der Waals surface area contributed by atoms with E-state index in [9.17, 15) is 9.59 Å². The van der Waals surface area contributed by atoms with E-state index in [1.807, 2.05) is 55.5 Å². The van der Waals surface area contributed by atoms with Gasteiger partial charge in [0.05, 0.1) is 12.8 Å². The van der Waals surface area contributed by atoms with E-state index in [1.165, 1.54) is 5.56 Å². The summed E-state index contributed by atoms with van der Waals surface area (Å²) in [6, 6.07) is 15.6. The van der Waals surface area contributed by atoms with E-state index < -0.39 is 0 Å². The second-order valence-electron chi connectivity index (χ2n) is 7.44. The maximum Gasteiger partial charge on any atom is 0.227 e. The lowest BCUT2D eigenvalue weighted by molar-refractivity contribution is -0.128. The van der Waals surface area contributed by atoms with Crippen molar-refractivity contribution in [3.63, 3.8) is 0 Å². The summed E-state index contributed by atoms with van der Waals surface area (Å²) >= 11 is 0. The maximum atomic E-state index is 12.6. The Hall–Kier alpha value is -2.82. The minimum absolute atomic E-state index is 0.00279. The van der Waals surface area contributed by atoms with Gasteiger partial charge >= 0.3 is 0 Å². The van der Waals surface area contributed by atoms with Crippen LogP contribution in [0.3, 0.4) is 0 Å².